The molecule has 1 aromatic carbocycles. The van der Waals surface area contributed by atoms with Crippen molar-refractivity contribution in [2.45, 2.75) is 58.5 Å². The van der Waals surface area contributed by atoms with Crippen molar-refractivity contribution in [1.29, 1.82) is 0 Å². The molecule has 0 spiro atoms. The van der Waals surface area contributed by atoms with Crippen molar-refractivity contribution < 1.29 is 14.3 Å². The van der Waals surface area contributed by atoms with Gasteiger partial charge in [0.25, 0.3) is 0 Å². The second-order valence-electron chi connectivity index (χ2n) is 6.17. The van der Waals surface area contributed by atoms with E-state index in [9.17, 15) is 4.79 Å². The van der Waals surface area contributed by atoms with E-state index in [1.807, 2.05) is 19.1 Å². The minimum Gasteiger partial charge on any atom is -0.494 e. The molecule has 0 saturated heterocycles. The lowest BCUT2D eigenvalue weighted by Crippen LogP contribution is -2.35. The molecule has 0 aromatic heterocycles. The maximum absolute atomic E-state index is 11.7. The number of nitrogens with one attached hydrogen (secondary N) is 1. The zero-order chi connectivity index (χ0) is 16.5. The third-order valence-corrected chi connectivity index (χ3v) is 4.34. The van der Waals surface area contributed by atoms with E-state index in [1.54, 1.807) is 0 Å². The molecule has 0 unspecified atom stereocenters. The fourth-order valence-electron chi connectivity index (χ4n) is 2.98. The van der Waals surface area contributed by atoms with E-state index in [1.165, 1.54) is 5.56 Å². The summed E-state index contributed by atoms with van der Waals surface area (Å²) in [6, 6.07) is 8.79. The van der Waals surface area contributed by atoms with Crippen LogP contribution in [-0.4, -0.2) is 25.2 Å². The zero-order valence-corrected chi connectivity index (χ0v) is 14.3. The minimum atomic E-state index is -0.0198. The second kappa shape index (κ2) is 9.56. The van der Waals surface area contributed by atoms with Crippen molar-refractivity contribution in [2.75, 3.05) is 13.2 Å². The molecular weight excluding hydrogens is 290 g/mol. The third-order valence-electron chi connectivity index (χ3n) is 4.34. The Kier molecular flexibility index (Phi) is 7.40. The summed E-state index contributed by atoms with van der Waals surface area (Å²) in [4.78, 5) is 11.7. The molecule has 1 fully saturated rings. The molecule has 1 N–H and O–H groups in total. The average Bonchev–Trinajstić information content (AvgIpc) is 2.59. The van der Waals surface area contributed by atoms with Gasteiger partial charge < -0.3 is 14.8 Å². The van der Waals surface area contributed by atoms with Crippen LogP contribution in [0.2, 0.25) is 0 Å². The summed E-state index contributed by atoms with van der Waals surface area (Å²) in [5.41, 5.74) is 1.27. The van der Waals surface area contributed by atoms with E-state index in [2.05, 4.69) is 24.4 Å². The molecule has 0 heterocycles. The highest BCUT2D eigenvalue weighted by Crippen LogP contribution is 2.25. The number of rotatable bonds is 8. The van der Waals surface area contributed by atoms with Gasteiger partial charge in [0.2, 0.25) is 0 Å². The highest BCUT2D eigenvalue weighted by atomic mass is 16.5. The van der Waals surface area contributed by atoms with Crippen molar-refractivity contribution in [3.8, 4) is 5.75 Å². The van der Waals surface area contributed by atoms with Gasteiger partial charge in [-0.1, -0.05) is 19.1 Å². The molecule has 23 heavy (non-hydrogen) atoms. The number of ether oxygens (including phenoxy) is 2. The number of carbonyl (C=O) groups is 1. The van der Waals surface area contributed by atoms with Crippen molar-refractivity contribution in [2.24, 2.45) is 5.92 Å². The highest BCUT2D eigenvalue weighted by Gasteiger charge is 2.26. The second-order valence-corrected chi connectivity index (χ2v) is 6.17. The van der Waals surface area contributed by atoms with Crippen LogP contribution in [0.4, 0.5) is 0 Å². The van der Waals surface area contributed by atoms with Crippen LogP contribution in [0.5, 0.6) is 5.75 Å². The van der Waals surface area contributed by atoms with Crippen LogP contribution < -0.4 is 10.1 Å². The Balaban J connectivity index is 1.70. The largest absolute Gasteiger partial charge is 0.494 e. The molecule has 0 bridgehead atoms. The van der Waals surface area contributed by atoms with E-state index in [4.69, 9.17) is 9.47 Å². The molecule has 4 nitrogen and oxygen atoms in total. The first-order valence-corrected chi connectivity index (χ1v) is 8.84. The molecule has 0 atom stereocenters. The Hall–Kier alpha value is -1.55. The molecule has 0 radical (unpaired) electrons. The Morgan fingerprint density at radius 3 is 2.43 bits per heavy atom. The van der Waals surface area contributed by atoms with Crippen LogP contribution in [0.1, 0.15) is 51.5 Å². The van der Waals surface area contributed by atoms with Crippen LogP contribution in [0.25, 0.3) is 0 Å². The lowest BCUT2D eigenvalue weighted by Gasteiger charge is -2.28. The van der Waals surface area contributed by atoms with E-state index in [0.29, 0.717) is 12.6 Å². The molecule has 128 valence electrons. The van der Waals surface area contributed by atoms with E-state index in [-0.39, 0.29) is 11.9 Å². The molecule has 1 aliphatic carbocycles. The Bertz CT molecular complexity index is 464. The number of esters is 1. The van der Waals surface area contributed by atoms with Gasteiger partial charge in [0.15, 0.2) is 0 Å². The van der Waals surface area contributed by atoms with Gasteiger partial charge in [-0.3, -0.25) is 4.79 Å². The monoisotopic (exact) mass is 319 g/mol. The van der Waals surface area contributed by atoms with Gasteiger partial charge >= 0.3 is 5.97 Å². The zero-order valence-electron chi connectivity index (χ0n) is 14.3. The summed E-state index contributed by atoms with van der Waals surface area (Å²) < 4.78 is 10.7. The molecule has 1 saturated carbocycles. The summed E-state index contributed by atoms with van der Waals surface area (Å²) in [6.45, 7) is 6.08. The van der Waals surface area contributed by atoms with Crippen molar-refractivity contribution in [3.63, 3.8) is 0 Å². The van der Waals surface area contributed by atoms with Crippen LogP contribution >= 0.6 is 0 Å². The Labute approximate surface area is 139 Å². The van der Waals surface area contributed by atoms with Gasteiger partial charge in [0.1, 0.15) is 5.75 Å². The quantitative estimate of drug-likeness (QED) is 0.742. The smallest absolute Gasteiger partial charge is 0.308 e. The third kappa shape index (κ3) is 5.87. The lowest BCUT2D eigenvalue weighted by atomic mass is 9.86. The summed E-state index contributed by atoms with van der Waals surface area (Å²) in [5, 5.41) is 3.60. The fourth-order valence-corrected chi connectivity index (χ4v) is 2.98. The standard InChI is InChI=1S/C19H29NO3/c1-3-13-23-18-11-5-15(6-12-18)14-20-17-9-7-16(8-10-17)19(21)22-4-2/h5-6,11-12,16-17,20H,3-4,7-10,13-14H2,1-2H3. The van der Waals surface area contributed by atoms with Gasteiger partial charge in [-0.2, -0.15) is 0 Å². The van der Waals surface area contributed by atoms with Gasteiger partial charge in [0.05, 0.1) is 19.1 Å². The molecule has 0 amide bonds. The van der Waals surface area contributed by atoms with Crippen LogP contribution in [-0.2, 0) is 16.1 Å². The first kappa shape index (κ1) is 17.8. The average molecular weight is 319 g/mol. The Morgan fingerprint density at radius 1 is 1.13 bits per heavy atom. The first-order valence-electron chi connectivity index (χ1n) is 8.84. The number of carbonyl (C=O) groups excluding carboxylic acids is 1. The lowest BCUT2D eigenvalue weighted by molar-refractivity contribution is -0.149. The summed E-state index contributed by atoms with van der Waals surface area (Å²) in [5.74, 6) is 1.02. The van der Waals surface area contributed by atoms with Crippen molar-refractivity contribution >= 4 is 5.97 Å². The SMILES string of the molecule is CCCOc1ccc(CNC2CCC(C(=O)OCC)CC2)cc1. The van der Waals surface area contributed by atoms with E-state index in [0.717, 1.165) is 51.0 Å². The minimum absolute atomic E-state index is 0.0198. The highest BCUT2D eigenvalue weighted by molar-refractivity contribution is 5.72. The summed E-state index contributed by atoms with van der Waals surface area (Å²) in [7, 11) is 0. The van der Waals surface area contributed by atoms with Gasteiger partial charge in [-0.15, -0.1) is 0 Å². The fraction of sp³-hybridized carbons (Fsp3) is 0.632. The van der Waals surface area contributed by atoms with Gasteiger partial charge in [0, 0.05) is 12.6 Å². The maximum Gasteiger partial charge on any atom is 0.308 e. The van der Waals surface area contributed by atoms with Gasteiger partial charge in [-0.25, -0.2) is 0 Å². The first-order chi connectivity index (χ1) is 11.2. The van der Waals surface area contributed by atoms with Crippen LogP contribution in [0.3, 0.4) is 0 Å². The number of hydrogen-bond donors (Lipinski definition) is 1. The van der Waals surface area contributed by atoms with Crippen LogP contribution in [0.15, 0.2) is 24.3 Å². The maximum atomic E-state index is 11.7. The molecule has 1 aromatic rings. The molecule has 2 rings (SSSR count). The number of hydrogen-bond acceptors (Lipinski definition) is 4. The molecule has 1 aliphatic rings. The van der Waals surface area contributed by atoms with Crippen LogP contribution in [0, 0.1) is 5.92 Å². The Morgan fingerprint density at radius 2 is 1.83 bits per heavy atom. The van der Waals surface area contributed by atoms with Crippen molar-refractivity contribution in [1.82, 2.24) is 5.32 Å². The van der Waals surface area contributed by atoms with E-state index >= 15 is 0 Å². The van der Waals surface area contributed by atoms with E-state index < -0.39 is 0 Å². The normalized spacial score (nSPS) is 21.0. The summed E-state index contributed by atoms with van der Waals surface area (Å²) in [6.07, 6.45) is 4.97. The molecule has 4 heteroatoms. The predicted molar refractivity (Wildman–Crippen MR) is 91.4 cm³/mol. The predicted octanol–water partition coefficient (Wildman–Crippen LogP) is 3.69. The summed E-state index contributed by atoms with van der Waals surface area (Å²) >= 11 is 0. The number of benzene rings is 1. The molecule has 0 aliphatic heterocycles. The van der Waals surface area contributed by atoms with Crippen molar-refractivity contribution in [3.05, 3.63) is 29.8 Å². The molecular formula is C19H29NO3. The topological polar surface area (TPSA) is 47.6 Å². The van der Waals surface area contributed by atoms with Gasteiger partial charge in [-0.05, 0) is 56.7 Å².